The molecule has 2 aromatic carbocycles. The molecule has 192 valence electrons. The molecule has 0 aromatic heterocycles. The van der Waals surface area contributed by atoms with Crippen molar-refractivity contribution in [1.29, 1.82) is 0 Å². The molecule has 0 unspecified atom stereocenters. The maximum Gasteiger partial charge on any atom is 0.418 e. The number of nitrogens with one attached hydrogen (secondary N) is 1. The number of imide groups is 1. The number of likely N-dealkylation sites (tertiary alicyclic amines) is 1. The van der Waals surface area contributed by atoms with E-state index in [2.05, 4.69) is 10.2 Å². The predicted octanol–water partition coefficient (Wildman–Crippen LogP) is 4.21. The van der Waals surface area contributed by atoms with E-state index in [1.807, 2.05) is 0 Å². The largest absolute Gasteiger partial charge is 0.446 e. The summed E-state index contributed by atoms with van der Waals surface area (Å²) in [5.74, 6) is -2.40. The van der Waals surface area contributed by atoms with E-state index in [1.165, 1.54) is 18.2 Å². The van der Waals surface area contributed by atoms with Gasteiger partial charge < -0.3 is 15.2 Å². The summed E-state index contributed by atoms with van der Waals surface area (Å²) in [7, 11) is 0. The third-order valence-corrected chi connectivity index (χ3v) is 7.65. The molecule has 1 saturated carbocycles. The molecule has 2 saturated heterocycles. The van der Waals surface area contributed by atoms with Crippen molar-refractivity contribution in [3.05, 3.63) is 71.0 Å². The number of hydrogen-bond donors (Lipinski definition) is 2. The number of nitrogens with zero attached hydrogens (tertiary/aromatic N) is 2. The molecule has 1 aliphatic carbocycles. The van der Waals surface area contributed by atoms with Crippen molar-refractivity contribution in [1.82, 2.24) is 15.1 Å². The van der Waals surface area contributed by atoms with Gasteiger partial charge in [-0.05, 0) is 67.5 Å². The summed E-state index contributed by atoms with van der Waals surface area (Å²) in [6.07, 6.45) is 2.53. The zero-order valence-electron chi connectivity index (χ0n) is 19.6. The van der Waals surface area contributed by atoms with E-state index in [1.54, 1.807) is 12.1 Å². The number of cyclic esters (lactones) is 1. The summed E-state index contributed by atoms with van der Waals surface area (Å²) >= 11 is 0. The summed E-state index contributed by atoms with van der Waals surface area (Å²) in [4.78, 5) is 28.4. The van der Waals surface area contributed by atoms with Gasteiger partial charge in [0.15, 0.2) is 11.6 Å². The Morgan fingerprint density at radius 2 is 1.75 bits per heavy atom. The van der Waals surface area contributed by atoms with Crippen molar-refractivity contribution in [2.45, 2.75) is 55.8 Å². The first-order chi connectivity index (χ1) is 17.2. The summed E-state index contributed by atoms with van der Waals surface area (Å²) in [6, 6.07) is 7.84. The first-order valence-corrected chi connectivity index (χ1v) is 12.2. The zero-order chi connectivity index (χ0) is 25.4. The van der Waals surface area contributed by atoms with E-state index in [-0.39, 0.29) is 30.1 Å². The van der Waals surface area contributed by atoms with Crippen LogP contribution in [0.2, 0.25) is 0 Å². The molecule has 2 aromatic rings. The second kappa shape index (κ2) is 9.74. The lowest BCUT2D eigenvalue weighted by Crippen LogP contribution is -2.48. The highest BCUT2D eigenvalue weighted by Gasteiger charge is 2.42. The smallest absolute Gasteiger partial charge is 0.418 e. The minimum atomic E-state index is -1.06. The van der Waals surface area contributed by atoms with Crippen LogP contribution >= 0.6 is 0 Å². The molecule has 3 aliphatic rings. The summed E-state index contributed by atoms with van der Waals surface area (Å²) in [6.45, 7) is 1.24. The molecule has 10 heteroatoms. The fourth-order valence-corrected chi connectivity index (χ4v) is 5.59. The second-order valence-electron chi connectivity index (χ2n) is 9.84. The van der Waals surface area contributed by atoms with E-state index >= 15 is 0 Å². The lowest BCUT2D eigenvalue weighted by Gasteiger charge is -2.40. The van der Waals surface area contributed by atoms with Crippen molar-refractivity contribution < 1.29 is 32.6 Å². The molecule has 0 spiro atoms. The average molecular weight is 504 g/mol. The molecule has 3 amide bonds. The number of ether oxygens (including phenoxy) is 1. The molecule has 5 rings (SSSR count). The van der Waals surface area contributed by atoms with Gasteiger partial charge in [-0.15, -0.1) is 0 Å². The van der Waals surface area contributed by atoms with Crippen molar-refractivity contribution in [2.75, 3.05) is 19.7 Å². The highest BCUT2D eigenvalue weighted by atomic mass is 19.2. The van der Waals surface area contributed by atoms with Gasteiger partial charge in [0.2, 0.25) is 0 Å². The van der Waals surface area contributed by atoms with E-state index in [9.17, 15) is 27.9 Å². The van der Waals surface area contributed by atoms with Gasteiger partial charge in [0.05, 0.1) is 5.60 Å². The number of carbonyl (C=O) groups is 2. The highest BCUT2D eigenvalue weighted by molar-refractivity contribution is 5.92. The van der Waals surface area contributed by atoms with Crippen LogP contribution in [0.25, 0.3) is 0 Å². The van der Waals surface area contributed by atoms with Gasteiger partial charge in [-0.25, -0.2) is 27.7 Å². The van der Waals surface area contributed by atoms with Gasteiger partial charge in [-0.3, -0.25) is 4.90 Å². The molecule has 2 heterocycles. The van der Waals surface area contributed by atoms with Crippen LogP contribution in [0.15, 0.2) is 42.5 Å². The zero-order valence-corrected chi connectivity index (χ0v) is 19.6. The topological polar surface area (TPSA) is 82.1 Å². The fraction of sp³-hybridized carbons (Fsp3) is 0.462. The molecule has 2 aliphatic heterocycles. The first-order valence-electron chi connectivity index (χ1n) is 12.2. The predicted molar refractivity (Wildman–Crippen MR) is 123 cm³/mol. The minimum absolute atomic E-state index is 0.132. The first kappa shape index (κ1) is 24.6. The van der Waals surface area contributed by atoms with Gasteiger partial charge in [-0.1, -0.05) is 18.2 Å². The molecule has 36 heavy (non-hydrogen) atoms. The number of aliphatic hydroxyl groups is 1. The van der Waals surface area contributed by atoms with Crippen molar-refractivity contribution in [3.8, 4) is 0 Å². The Labute approximate surface area is 206 Å². The number of urea groups is 1. The molecular weight excluding hydrogens is 475 g/mol. The van der Waals surface area contributed by atoms with Crippen LogP contribution in [0.4, 0.5) is 22.8 Å². The standard InChI is InChI=1S/C26H28F3N3O4/c27-18-4-2-17(3-5-18)26(35)10-7-20(8-11-26)31-12-9-19(14-31)30-24(33)32-23(15-36-25(32)34)16-1-6-21(28)22(29)13-16/h1-6,13,19-20,23,35H,7-12,14-15H2,(H,30,33)/t19-,20?,23-,26?/m1/s1. The normalized spacial score (nSPS) is 28.8. The second-order valence-corrected chi connectivity index (χ2v) is 9.84. The lowest BCUT2D eigenvalue weighted by molar-refractivity contribution is -0.0223. The average Bonchev–Trinajstić information content (AvgIpc) is 3.48. The molecular formula is C26H28F3N3O4. The molecule has 2 atom stereocenters. The van der Waals surface area contributed by atoms with Crippen LogP contribution in [0.1, 0.15) is 49.3 Å². The van der Waals surface area contributed by atoms with Crippen LogP contribution in [-0.4, -0.2) is 58.8 Å². The Morgan fingerprint density at radius 1 is 1.03 bits per heavy atom. The Balaban J connectivity index is 1.17. The molecule has 0 bridgehead atoms. The third kappa shape index (κ3) is 4.79. The van der Waals surface area contributed by atoms with Crippen molar-refractivity contribution in [3.63, 3.8) is 0 Å². The number of carbonyl (C=O) groups excluding carboxylic acids is 2. The van der Waals surface area contributed by atoms with Crippen LogP contribution in [0.3, 0.4) is 0 Å². The van der Waals surface area contributed by atoms with Crippen molar-refractivity contribution in [2.24, 2.45) is 0 Å². The molecule has 3 fully saturated rings. The summed E-state index contributed by atoms with van der Waals surface area (Å²) < 4.78 is 45.3. The monoisotopic (exact) mass is 503 g/mol. The molecule has 7 nitrogen and oxygen atoms in total. The van der Waals surface area contributed by atoms with Crippen LogP contribution in [0, 0.1) is 17.5 Å². The van der Waals surface area contributed by atoms with E-state index in [0.29, 0.717) is 25.8 Å². The minimum Gasteiger partial charge on any atom is -0.446 e. The number of amides is 3. The number of rotatable bonds is 4. The van der Waals surface area contributed by atoms with Gasteiger partial charge in [0.1, 0.15) is 18.5 Å². The van der Waals surface area contributed by atoms with Gasteiger partial charge in [0, 0.05) is 25.2 Å². The fourth-order valence-electron chi connectivity index (χ4n) is 5.59. The lowest BCUT2D eigenvalue weighted by atomic mass is 9.77. The van der Waals surface area contributed by atoms with Crippen LogP contribution in [0.5, 0.6) is 0 Å². The third-order valence-electron chi connectivity index (χ3n) is 7.65. The van der Waals surface area contributed by atoms with Gasteiger partial charge >= 0.3 is 12.1 Å². The van der Waals surface area contributed by atoms with E-state index < -0.39 is 35.4 Å². The van der Waals surface area contributed by atoms with Gasteiger partial charge in [0.25, 0.3) is 0 Å². The SMILES string of the molecule is O=C(N[C@@H]1CCN(C2CCC(O)(c3ccc(F)cc3)CC2)C1)N1C(=O)OC[C@@H]1c1ccc(F)c(F)c1. The summed E-state index contributed by atoms with van der Waals surface area (Å²) in [5.41, 5.74) is 0.0310. The summed E-state index contributed by atoms with van der Waals surface area (Å²) in [5, 5.41) is 14.0. The maximum absolute atomic E-state index is 13.7. The Morgan fingerprint density at radius 3 is 2.44 bits per heavy atom. The van der Waals surface area contributed by atoms with E-state index in [4.69, 9.17) is 4.74 Å². The highest BCUT2D eigenvalue weighted by Crippen LogP contribution is 2.39. The number of hydrogen-bond acceptors (Lipinski definition) is 5. The van der Waals surface area contributed by atoms with Gasteiger partial charge in [-0.2, -0.15) is 0 Å². The van der Waals surface area contributed by atoms with Crippen LogP contribution < -0.4 is 5.32 Å². The number of halogens is 3. The Kier molecular flexibility index (Phi) is 6.65. The Bertz CT molecular complexity index is 1140. The van der Waals surface area contributed by atoms with Crippen LogP contribution in [-0.2, 0) is 10.3 Å². The molecule has 2 N–H and O–H groups in total. The maximum atomic E-state index is 13.7. The Hall–Kier alpha value is -3.11. The number of benzene rings is 2. The molecule has 0 radical (unpaired) electrons. The quantitative estimate of drug-likeness (QED) is 0.653. The van der Waals surface area contributed by atoms with Crippen molar-refractivity contribution >= 4 is 12.1 Å². The van der Waals surface area contributed by atoms with E-state index in [0.717, 1.165) is 42.0 Å².